The number of halogens is 4. The number of nitrogens with one attached hydrogen (secondary N) is 1. The number of hydrogen-bond donors (Lipinski definition) is 1. The molecular weight excluding hydrogens is 262 g/mol. The second kappa shape index (κ2) is 6.23. The number of benzene rings is 1. The highest BCUT2D eigenvalue weighted by molar-refractivity contribution is 5.72. The molecule has 102 valence electrons. The summed E-state index contributed by atoms with van der Waals surface area (Å²) in [5.74, 6) is 3.79. The van der Waals surface area contributed by atoms with Crippen LogP contribution in [0.2, 0.25) is 0 Å². The molecule has 19 heavy (non-hydrogen) atoms. The smallest absolute Gasteiger partial charge is 0.355 e. The van der Waals surface area contributed by atoms with Gasteiger partial charge in [0.1, 0.15) is 5.82 Å². The lowest BCUT2D eigenvalue weighted by atomic mass is 10.1. The van der Waals surface area contributed by atoms with Crippen molar-refractivity contribution in [2.24, 2.45) is 0 Å². The van der Waals surface area contributed by atoms with Crippen molar-refractivity contribution in [1.82, 2.24) is 5.32 Å². The fourth-order valence-corrected chi connectivity index (χ4v) is 1.29. The van der Waals surface area contributed by atoms with Crippen LogP contribution in [-0.4, -0.2) is 12.5 Å². The normalized spacial score (nSPS) is 10.6. The predicted octanol–water partition coefficient (Wildman–Crippen LogP) is 2.72. The van der Waals surface area contributed by atoms with Gasteiger partial charge >= 0.3 is 6.18 Å². The third kappa shape index (κ3) is 5.42. The quantitative estimate of drug-likeness (QED) is 0.501. The minimum atomic E-state index is -4.60. The van der Waals surface area contributed by atoms with Crippen LogP contribution in [0.5, 0.6) is 0 Å². The van der Waals surface area contributed by atoms with Crippen LogP contribution in [0.25, 0.3) is 0 Å². The zero-order valence-corrected chi connectivity index (χ0v) is 10.1. The van der Waals surface area contributed by atoms with E-state index in [4.69, 9.17) is 0 Å². The Labute approximate surface area is 107 Å². The monoisotopic (exact) mass is 273 g/mol. The van der Waals surface area contributed by atoms with Gasteiger partial charge in [-0.1, -0.05) is 11.8 Å². The molecule has 0 aliphatic carbocycles. The van der Waals surface area contributed by atoms with Gasteiger partial charge in [-0.3, -0.25) is 4.79 Å². The predicted molar refractivity (Wildman–Crippen MR) is 61.6 cm³/mol. The number of alkyl halides is 3. The first-order chi connectivity index (χ1) is 8.79. The van der Waals surface area contributed by atoms with Crippen LogP contribution in [0, 0.1) is 17.7 Å². The van der Waals surface area contributed by atoms with Gasteiger partial charge in [0.2, 0.25) is 5.91 Å². The van der Waals surface area contributed by atoms with Crippen LogP contribution in [0.15, 0.2) is 18.2 Å². The molecule has 0 radical (unpaired) electrons. The van der Waals surface area contributed by atoms with Gasteiger partial charge in [-0.05, 0) is 18.2 Å². The Hall–Kier alpha value is -2.03. The van der Waals surface area contributed by atoms with E-state index in [9.17, 15) is 22.4 Å². The molecule has 0 bridgehead atoms. The standard InChI is InChI=1S/C13H11F4NO/c1-9(19)18-5-3-2-4-10-6-11(13(15,16)17)8-12(14)7-10/h6-8H,3,5H2,1H3,(H,18,19). The van der Waals surface area contributed by atoms with Gasteiger partial charge in [-0.25, -0.2) is 4.39 Å². The molecule has 0 spiro atoms. The molecule has 0 aliphatic heterocycles. The molecule has 0 atom stereocenters. The van der Waals surface area contributed by atoms with Crippen LogP contribution in [0.1, 0.15) is 24.5 Å². The van der Waals surface area contributed by atoms with Crippen molar-refractivity contribution >= 4 is 5.91 Å². The molecule has 1 rings (SSSR count). The van der Waals surface area contributed by atoms with Crippen molar-refractivity contribution in [3.8, 4) is 11.8 Å². The summed E-state index contributed by atoms with van der Waals surface area (Å²) in [6.45, 7) is 1.64. The first kappa shape index (κ1) is 15.0. The van der Waals surface area contributed by atoms with Crippen LogP contribution in [0.3, 0.4) is 0 Å². The summed E-state index contributed by atoms with van der Waals surface area (Å²) in [5, 5.41) is 2.48. The summed E-state index contributed by atoms with van der Waals surface area (Å²) in [6, 6.07) is 2.14. The molecule has 1 aromatic carbocycles. The van der Waals surface area contributed by atoms with Crippen LogP contribution >= 0.6 is 0 Å². The first-order valence-electron chi connectivity index (χ1n) is 5.40. The second-order valence-corrected chi connectivity index (χ2v) is 3.76. The third-order valence-corrected chi connectivity index (χ3v) is 2.08. The molecule has 0 heterocycles. The van der Waals surface area contributed by atoms with Crippen LogP contribution in [-0.2, 0) is 11.0 Å². The molecule has 0 aliphatic rings. The highest BCUT2D eigenvalue weighted by Crippen LogP contribution is 2.30. The molecule has 6 heteroatoms. The molecule has 0 saturated carbocycles. The van der Waals surface area contributed by atoms with Crippen molar-refractivity contribution in [3.63, 3.8) is 0 Å². The molecule has 1 aromatic rings. The van der Waals surface area contributed by atoms with E-state index in [0.717, 1.165) is 12.1 Å². The second-order valence-electron chi connectivity index (χ2n) is 3.76. The highest BCUT2D eigenvalue weighted by atomic mass is 19.4. The van der Waals surface area contributed by atoms with Gasteiger partial charge in [0, 0.05) is 25.5 Å². The number of hydrogen-bond acceptors (Lipinski definition) is 1. The van der Waals surface area contributed by atoms with Gasteiger partial charge in [0.25, 0.3) is 0 Å². The van der Waals surface area contributed by atoms with E-state index < -0.39 is 17.6 Å². The summed E-state index contributed by atoms with van der Waals surface area (Å²) in [6.07, 6.45) is -4.33. The molecule has 1 N–H and O–H groups in total. The zero-order chi connectivity index (χ0) is 14.5. The molecule has 0 unspecified atom stereocenters. The van der Waals surface area contributed by atoms with Gasteiger partial charge in [0.05, 0.1) is 5.56 Å². The lowest BCUT2D eigenvalue weighted by Crippen LogP contribution is -2.20. The van der Waals surface area contributed by atoms with Crippen LogP contribution < -0.4 is 5.32 Å². The Kier molecular flexibility index (Phi) is 4.93. The van der Waals surface area contributed by atoms with Gasteiger partial charge in [0.15, 0.2) is 0 Å². The lowest BCUT2D eigenvalue weighted by Gasteiger charge is -2.06. The van der Waals surface area contributed by atoms with E-state index >= 15 is 0 Å². The number of amides is 1. The van der Waals surface area contributed by atoms with Crippen molar-refractivity contribution in [2.75, 3.05) is 6.54 Å². The third-order valence-electron chi connectivity index (χ3n) is 2.08. The summed E-state index contributed by atoms with van der Waals surface area (Å²) >= 11 is 0. The van der Waals surface area contributed by atoms with E-state index in [-0.39, 0.29) is 17.9 Å². The van der Waals surface area contributed by atoms with Gasteiger partial charge < -0.3 is 5.32 Å². The van der Waals surface area contributed by atoms with E-state index in [1.54, 1.807) is 0 Å². The summed E-state index contributed by atoms with van der Waals surface area (Å²) < 4.78 is 50.3. The maximum absolute atomic E-state index is 13.0. The Morgan fingerprint density at radius 2 is 2.00 bits per heavy atom. The average molecular weight is 273 g/mol. The Morgan fingerprint density at radius 3 is 2.58 bits per heavy atom. The summed E-state index contributed by atoms with van der Waals surface area (Å²) in [7, 11) is 0. The van der Waals surface area contributed by atoms with Gasteiger partial charge in [-0.15, -0.1) is 0 Å². The SMILES string of the molecule is CC(=O)NCCC#Cc1cc(F)cc(C(F)(F)F)c1. The van der Waals surface area contributed by atoms with Crippen molar-refractivity contribution in [2.45, 2.75) is 19.5 Å². The fourth-order valence-electron chi connectivity index (χ4n) is 1.29. The molecule has 2 nitrogen and oxygen atoms in total. The van der Waals surface area contributed by atoms with E-state index in [1.807, 2.05) is 0 Å². The number of rotatable bonds is 2. The number of carbonyl (C=O) groups excluding carboxylic acids is 1. The molecule has 0 fully saturated rings. The Balaban J connectivity index is 2.77. The topological polar surface area (TPSA) is 29.1 Å². The van der Waals surface area contributed by atoms with Crippen LogP contribution in [0.4, 0.5) is 17.6 Å². The van der Waals surface area contributed by atoms with E-state index in [2.05, 4.69) is 17.2 Å². The lowest BCUT2D eigenvalue weighted by molar-refractivity contribution is -0.137. The van der Waals surface area contributed by atoms with E-state index in [1.165, 1.54) is 6.92 Å². The molecule has 1 amide bonds. The average Bonchev–Trinajstić information content (AvgIpc) is 2.26. The van der Waals surface area contributed by atoms with E-state index in [0.29, 0.717) is 12.6 Å². The fraction of sp³-hybridized carbons (Fsp3) is 0.308. The number of carbonyl (C=O) groups is 1. The summed E-state index contributed by atoms with van der Waals surface area (Å²) in [4.78, 5) is 10.5. The van der Waals surface area contributed by atoms with Gasteiger partial charge in [-0.2, -0.15) is 13.2 Å². The minimum absolute atomic E-state index is 0.0462. The summed E-state index contributed by atoms with van der Waals surface area (Å²) in [5.41, 5.74) is -1.12. The van der Waals surface area contributed by atoms with Crippen molar-refractivity contribution in [1.29, 1.82) is 0 Å². The first-order valence-corrected chi connectivity index (χ1v) is 5.40. The van der Waals surface area contributed by atoms with Crippen molar-refractivity contribution < 1.29 is 22.4 Å². The highest BCUT2D eigenvalue weighted by Gasteiger charge is 2.31. The molecule has 0 aromatic heterocycles. The Bertz CT molecular complexity index is 526. The Morgan fingerprint density at radius 1 is 1.32 bits per heavy atom. The maximum Gasteiger partial charge on any atom is 0.416 e. The minimum Gasteiger partial charge on any atom is -0.355 e. The molecule has 0 saturated heterocycles. The zero-order valence-electron chi connectivity index (χ0n) is 10.1. The maximum atomic E-state index is 13.0. The largest absolute Gasteiger partial charge is 0.416 e. The van der Waals surface area contributed by atoms with Crippen molar-refractivity contribution in [3.05, 3.63) is 35.1 Å². The molecular formula is C13H11F4NO.